The van der Waals surface area contributed by atoms with Gasteiger partial charge in [-0.1, -0.05) is 12.1 Å². The Morgan fingerprint density at radius 2 is 2.20 bits per heavy atom. The number of pyridine rings is 1. The third-order valence-corrected chi connectivity index (χ3v) is 3.54. The average molecular weight is 338 g/mol. The molecule has 1 aromatic carbocycles. The van der Waals surface area contributed by atoms with Gasteiger partial charge in [-0.3, -0.25) is 14.9 Å². The van der Waals surface area contributed by atoms with E-state index in [0.29, 0.717) is 23.9 Å². The molecule has 2 heterocycles. The third-order valence-electron chi connectivity index (χ3n) is 3.54. The van der Waals surface area contributed by atoms with Gasteiger partial charge in [-0.25, -0.2) is 0 Å². The van der Waals surface area contributed by atoms with Crippen LogP contribution in [-0.2, 0) is 6.54 Å². The monoisotopic (exact) mass is 338 g/mol. The van der Waals surface area contributed by atoms with Gasteiger partial charge in [0.25, 0.3) is 5.91 Å². The fraction of sp³-hybridized carbons (Fsp3) is 0.118. The molecule has 5 N–H and O–H groups in total. The molecule has 8 heteroatoms. The van der Waals surface area contributed by atoms with Crippen LogP contribution in [0.1, 0.15) is 15.9 Å². The molecule has 3 rings (SSSR count). The number of nitrogens with one attached hydrogen (secondary N) is 3. The van der Waals surface area contributed by atoms with Gasteiger partial charge in [-0.05, 0) is 29.8 Å². The van der Waals surface area contributed by atoms with Gasteiger partial charge in [0.2, 0.25) is 0 Å². The molecule has 25 heavy (non-hydrogen) atoms. The van der Waals surface area contributed by atoms with E-state index < -0.39 is 5.91 Å². The Morgan fingerprint density at radius 1 is 1.32 bits per heavy atom. The molecule has 0 aliphatic heterocycles. The fourth-order valence-corrected chi connectivity index (χ4v) is 2.35. The van der Waals surface area contributed by atoms with Crippen LogP contribution in [0.25, 0.3) is 0 Å². The number of hydrogen-bond donors (Lipinski definition) is 4. The topological polar surface area (TPSA) is 118 Å². The predicted molar refractivity (Wildman–Crippen MR) is 94.9 cm³/mol. The number of amides is 1. The molecule has 0 aliphatic rings. The largest absolute Gasteiger partial charge is 0.497 e. The molecule has 8 nitrogen and oxygen atoms in total. The van der Waals surface area contributed by atoms with Crippen LogP contribution in [0.15, 0.2) is 48.8 Å². The Labute approximate surface area is 144 Å². The second kappa shape index (κ2) is 7.35. The van der Waals surface area contributed by atoms with Crippen molar-refractivity contribution < 1.29 is 9.53 Å². The van der Waals surface area contributed by atoms with Crippen molar-refractivity contribution in [1.29, 1.82) is 0 Å². The van der Waals surface area contributed by atoms with Gasteiger partial charge in [0.15, 0.2) is 5.82 Å². The second-order valence-corrected chi connectivity index (χ2v) is 5.26. The highest BCUT2D eigenvalue weighted by Gasteiger charge is 2.18. The van der Waals surface area contributed by atoms with E-state index >= 15 is 0 Å². The lowest BCUT2D eigenvalue weighted by Crippen LogP contribution is -2.15. The van der Waals surface area contributed by atoms with Crippen molar-refractivity contribution in [3.8, 4) is 5.75 Å². The summed E-state index contributed by atoms with van der Waals surface area (Å²) in [7, 11) is 1.61. The van der Waals surface area contributed by atoms with Crippen LogP contribution in [0.3, 0.4) is 0 Å². The summed E-state index contributed by atoms with van der Waals surface area (Å²) in [6.07, 6.45) is 3.29. The first kappa shape index (κ1) is 16.3. The number of carbonyl (C=O) groups is 1. The average Bonchev–Trinajstić information content (AvgIpc) is 3.04. The molecule has 0 atom stereocenters. The fourth-order valence-electron chi connectivity index (χ4n) is 2.35. The molecule has 2 aromatic heterocycles. The lowest BCUT2D eigenvalue weighted by Gasteiger charge is -2.08. The van der Waals surface area contributed by atoms with Crippen molar-refractivity contribution >= 4 is 23.2 Å². The Bertz CT molecular complexity index is 863. The lowest BCUT2D eigenvalue weighted by atomic mass is 10.2. The maximum Gasteiger partial charge on any atom is 0.256 e. The van der Waals surface area contributed by atoms with Crippen LogP contribution in [0.5, 0.6) is 5.75 Å². The first-order valence-electron chi connectivity index (χ1n) is 7.59. The van der Waals surface area contributed by atoms with E-state index in [4.69, 9.17) is 10.5 Å². The van der Waals surface area contributed by atoms with E-state index in [0.717, 1.165) is 11.3 Å². The number of primary amides is 1. The van der Waals surface area contributed by atoms with Gasteiger partial charge in [0.1, 0.15) is 17.1 Å². The molecule has 0 saturated heterocycles. The van der Waals surface area contributed by atoms with Crippen molar-refractivity contribution in [1.82, 2.24) is 15.2 Å². The molecule has 0 bridgehead atoms. The number of ether oxygens (including phenoxy) is 1. The number of nitrogens with two attached hydrogens (primary N) is 1. The maximum atomic E-state index is 11.9. The molecule has 0 aliphatic carbocycles. The highest BCUT2D eigenvalue weighted by molar-refractivity contribution is 6.03. The van der Waals surface area contributed by atoms with Crippen LogP contribution in [0, 0.1) is 0 Å². The highest BCUT2D eigenvalue weighted by Crippen LogP contribution is 2.24. The van der Waals surface area contributed by atoms with E-state index in [9.17, 15) is 4.79 Å². The minimum Gasteiger partial charge on any atom is -0.497 e. The Balaban J connectivity index is 1.78. The third kappa shape index (κ3) is 3.86. The summed E-state index contributed by atoms with van der Waals surface area (Å²) in [5.41, 5.74) is 7.47. The number of anilines is 3. The van der Waals surface area contributed by atoms with Crippen molar-refractivity contribution in [2.75, 3.05) is 17.7 Å². The molecular formula is C17H18N6O2. The molecule has 0 radical (unpaired) electrons. The van der Waals surface area contributed by atoms with E-state index in [-0.39, 0.29) is 5.56 Å². The van der Waals surface area contributed by atoms with E-state index in [1.165, 1.54) is 0 Å². The number of carbonyl (C=O) groups excluding carboxylic acids is 1. The standard InChI is InChI=1S/C17H18N6O2/c1-25-13-6-2-4-11(8-13)9-20-16-14(15(18)24)17(23-22-16)21-12-5-3-7-19-10-12/h2-8,10H,9H2,1H3,(H2,18,24)(H3,20,21,22,23). The number of hydrogen-bond acceptors (Lipinski definition) is 6. The molecular weight excluding hydrogens is 320 g/mol. The smallest absolute Gasteiger partial charge is 0.256 e. The first-order chi connectivity index (χ1) is 12.2. The molecule has 0 saturated carbocycles. The molecule has 3 aromatic rings. The van der Waals surface area contributed by atoms with Crippen molar-refractivity contribution in [3.05, 3.63) is 59.9 Å². The summed E-state index contributed by atoms with van der Waals surface area (Å²) >= 11 is 0. The molecule has 0 unspecified atom stereocenters. The summed E-state index contributed by atoms with van der Waals surface area (Å²) in [6.45, 7) is 0.467. The van der Waals surface area contributed by atoms with Crippen molar-refractivity contribution in [2.45, 2.75) is 6.54 Å². The molecule has 0 fully saturated rings. The summed E-state index contributed by atoms with van der Waals surface area (Å²) in [4.78, 5) is 15.9. The van der Waals surface area contributed by atoms with Gasteiger partial charge in [0.05, 0.1) is 19.0 Å². The van der Waals surface area contributed by atoms with Crippen molar-refractivity contribution in [3.63, 3.8) is 0 Å². The zero-order chi connectivity index (χ0) is 17.6. The van der Waals surface area contributed by atoms with Crippen molar-refractivity contribution in [2.24, 2.45) is 5.73 Å². The summed E-state index contributed by atoms with van der Waals surface area (Å²) < 4.78 is 5.20. The van der Waals surface area contributed by atoms with Crippen LogP contribution in [-0.4, -0.2) is 28.2 Å². The Morgan fingerprint density at radius 3 is 2.92 bits per heavy atom. The van der Waals surface area contributed by atoms with E-state index in [1.807, 2.05) is 30.3 Å². The Hall–Kier alpha value is -3.55. The van der Waals surface area contributed by atoms with Gasteiger partial charge in [0, 0.05) is 12.7 Å². The van der Waals surface area contributed by atoms with Crippen LogP contribution < -0.4 is 21.1 Å². The maximum absolute atomic E-state index is 11.9. The number of aromatic nitrogens is 3. The molecule has 128 valence electrons. The molecule has 0 spiro atoms. The number of H-pyrrole nitrogens is 1. The second-order valence-electron chi connectivity index (χ2n) is 5.26. The number of methoxy groups -OCH3 is 1. The summed E-state index contributed by atoms with van der Waals surface area (Å²) in [6, 6.07) is 11.2. The van der Waals surface area contributed by atoms with Gasteiger partial charge in [-0.2, -0.15) is 5.10 Å². The van der Waals surface area contributed by atoms with Crippen LogP contribution in [0.2, 0.25) is 0 Å². The number of nitrogens with zero attached hydrogens (tertiary/aromatic N) is 2. The van der Waals surface area contributed by atoms with Crippen LogP contribution in [0.4, 0.5) is 17.3 Å². The number of rotatable bonds is 7. The predicted octanol–water partition coefficient (Wildman–Crippen LogP) is 2.27. The minimum absolute atomic E-state index is 0.256. The molecule has 1 amide bonds. The van der Waals surface area contributed by atoms with Crippen LogP contribution >= 0.6 is 0 Å². The quantitative estimate of drug-likeness (QED) is 0.525. The summed E-state index contributed by atoms with van der Waals surface area (Å²) in [5.74, 6) is 0.957. The van der Waals surface area contributed by atoms with Gasteiger partial charge in [-0.15, -0.1) is 0 Å². The Kier molecular flexibility index (Phi) is 4.79. The number of benzene rings is 1. The minimum atomic E-state index is -0.590. The summed E-state index contributed by atoms with van der Waals surface area (Å²) in [5, 5.41) is 13.1. The lowest BCUT2D eigenvalue weighted by molar-refractivity contribution is 0.100. The SMILES string of the molecule is COc1cccc(CNc2n[nH]c(Nc3cccnc3)c2C(N)=O)c1. The van der Waals surface area contributed by atoms with E-state index in [2.05, 4.69) is 25.8 Å². The zero-order valence-corrected chi connectivity index (χ0v) is 13.6. The van der Waals surface area contributed by atoms with Gasteiger partial charge >= 0.3 is 0 Å². The highest BCUT2D eigenvalue weighted by atomic mass is 16.5. The van der Waals surface area contributed by atoms with E-state index in [1.54, 1.807) is 25.6 Å². The first-order valence-corrected chi connectivity index (χ1v) is 7.59. The normalized spacial score (nSPS) is 10.3. The zero-order valence-electron chi connectivity index (χ0n) is 13.6. The van der Waals surface area contributed by atoms with Gasteiger partial charge < -0.3 is 21.1 Å². The number of aromatic amines is 1.